The van der Waals surface area contributed by atoms with Gasteiger partial charge in [-0.15, -0.1) is 0 Å². The number of nitrogens with one attached hydrogen (secondary N) is 1. The van der Waals surface area contributed by atoms with E-state index in [-0.39, 0.29) is 5.91 Å². The second-order valence-electron chi connectivity index (χ2n) is 5.58. The fourth-order valence-electron chi connectivity index (χ4n) is 2.00. The summed E-state index contributed by atoms with van der Waals surface area (Å²) in [4.78, 5) is 14.4. The van der Waals surface area contributed by atoms with Crippen LogP contribution < -0.4 is 5.32 Å². The summed E-state index contributed by atoms with van der Waals surface area (Å²) in [5.74, 6) is 0.608. The Morgan fingerprint density at radius 1 is 1.40 bits per heavy atom. The summed E-state index contributed by atoms with van der Waals surface area (Å²) in [5, 5.41) is 3.05. The molecule has 1 aromatic carbocycles. The standard InChI is InChI=1S/C15H22BrIN2O/c1-10(2)7-12(19(3)4)9-18-15(20)13-8-11(16)5-6-14(13)17/h5-6,8,10,12H,7,9H2,1-4H3,(H,18,20). The van der Waals surface area contributed by atoms with Crippen molar-refractivity contribution in [2.24, 2.45) is 5.92 Å². The Labute approximate surface area is 143 Å². The Balaban J connectivity index is 2.68. The van der Waals surface area contributed by atoms with Gasteiger partial charge in [0, 0.05) is 20.6 Å². The Bertz CT molecular complexity index is 463. The highest BCUT2D eigenvalue weighted by atomic mass is 127. The zero-order valence-corrected chi connectivity index (χ0v) is 16.2. The fraction of sp³-hybridized carbons (Fsp3) is 0.533. The summed E-state index contributed by atoms with van der Waals surface area (Å²) in [6.45, 7) is 5.08. The monoisotopic (exact) mass is 452 g/mol. The minimum Gasteiger partial charge on any atom is -0.350 e. The molecule has 112 valence electrons. The SMILES string of the molecule is CC(C)CC(CNC(=O)c1cc(Br)ccc1I)N(C)C. The molecule has 0 aliphatic rings. The summed E-state index contributed by atoms with van der Waals surface area (Å²) in [6, 6.07) is 6.12. The maximum absolute atomic E-state index is 12.3. The molecule has 0 aliphatic heterocycles. The second-order valence-corrected chi connectivity index (χ2v) is 7.66. The van der Waals surface area contributed by atoms with Crippen LogP contribution >= 0.6 is 38.5 Å². The molecule has 0 radical (unpaired) electrons. The predicted octanol–water partition coefficient (Wildman–Crippen LogP) is 3.76. The average molecular weight is 453 g/mol. The van der Waals surface area contributed by atoms with Gasteiger partial charge in [0.2, 0.25) is 0 Å². The molecule has 0 heterocycles. The molecule has 1 N–H and O–H groups in total. The first-order chi connectivity index (χ1) is 9.31. The number of nitrogens with zero attached hydrogens (tertiary/aromatic N) is 1. The normalized spacial score (nSPS) is 12.8. The van der Waals surface area contributed by atoms with Crippen molar-refractivity contribution in [2.45, 2.75) is 26.3 Å². The third kappa shape index (κ3) is 5.69. The van der Waals surface area contributed by atoms with Crippen molar-refractivity contribution in [3.8, 4) is 0 Å². The van der Waals surface area contributed by atoms with Gasteiger partial charge in [0.25, 0.3) is 5.91 Å². The highest BCUT2D eigenvalue weighted by Crippen LogP contribution is 2.18. The van der Waals surface area contributed by atoms with Crippen LogP contribution in [0.1, 0.15) is 30.6 Å². The maximum atomic E-state index is 12.3. The summed E-state index contributed by atoms with van der Waals surface area (Å²) in [6.07, 6.45) is 1.07. The first-order valence-corrected chi connectivity index (χ1v) is 8.58. The quantitative estimate of drug-likeness (QED) is 0.666. The van der Waals surface area contributed by atoms with Crippen LogP contribution in [-0.4, -0.2) is 37.5 Å². The van der Waals surface area contributed by atoms with Gasteiger partial charge in [-0.2, -0.15) is 0 Å². The highest BCUT2D eigenvalue weighted by molar-refractivity contribution is 14.1. The van der Waals surface area contributed by atoms with Crippen LogP contribution in [-0.2, 0) is 0 Å². The van der Waals surface area contributed by atoms with E-state index in [4.69, 9.17) is 0 Å². The van der Waals surface area contributed by atoms with Gasteiger partial charge in [0.15, 0.2) is 0 Å². The van der Waals surface area contributed by atoms with Crippen molar-refractivity contribution >= 4 is 44.4 Å². The maximum Gasteiger partial charge on any atom is 0.252 e. The van der Waals surface area contributed by atoms with E-state index >= 15 is 0 Å². The third-order valence-electron chi connectivity index (χ3n) is 3.15. The van der Waals surface area contributed by atoms with Crippen molar-refractivity contribution in [2.75, 3.05) is 20.6 Å². The van der Waals surface area contributed by atoms with Gasteiger partial charge in [0.1, 0.15) is 0 Å². The number of hydrogen-bond acceptors (Lipinski definition) is 2. The third-order valence-corrected chi connectivity index (χ3v) is 4.58. The molecule has 1 amide bonds. The second kappa shape index (κ2) is 8.34. The summed E-state index contributed by atoms with van der Waals surface area (Å²) in [7, 11) is 4.12. The van der Waals surface area contributed by atoms with Crippen LogP contribution in [0.25, 0.3) is 0 Å². The first kappa shape index (κ1) is 17.9. The molecular formula is C15H22BrIN2O. The fourth-order valence-corrected chi connectivity index (χ4v) is 2.94. The minimum absolute atomic E-state index is 0.00805. The molecule has 0 saturated heterocycles. The van der Waals surface area contributed by atoms with Gasteiger partial charge < -0.3 is 10.2 Å². The lowest BCUT2D eigenvalue weighted by molar-refractivity contribution is 0.0937. The highest BCUT2D eigenvalue weighted by Gasteiger charge is 2.16. The molecule has 1 atom stereocenters. The molecule has 1 unspecified atom stereocenters. The largest absolute Gasteiger partial charge is 0.350 e. The Hall–Kier alpha value is -0.140. The van der Waals surface area contributed by atoms with Gasteiger partial charge in [-0.3, -0.25) is 4.79 Å². The molecule has 0 aromatic heterocycles. The first-order valence-electron chi connectivity index (χ1n) is 6.71. The van der Waals surface area contributed by atoms with E-state index in [9.17, 15) is 4.79 Å². The molecule has 1 aromatic rings. The number of rotatable bonds is 6. The molecule has 0 aliphatic carbocycles. The van der Waals surface area contributed by atoms with Gasteiger partial charge in [-0.25, -0.2) is 0 Å². The topological polar surface area (TPSA) is 32.3 Å². The molecule has 0 fully saturated rings. The van der Waals surface area contributed by atoms with Crippen LogP contribution in [0.3, 0.4) is 0 Å². The van der Waals surface area contributed by atoms with Crippen LogP contribution in [0.15, 0.2) is 22.7 Å². The molecule has 0 bridgehead atoms. The van der Waals surface area contributed by atoms with E-state index in [0.29, 0.717) is 18.5 Å². The Morgan fingerprint density at radius 2 is 2.05 bits per heavy atom. The predicted molar refractivity (Wildman–Crippen MR) is 96.1 cm³/mol. The summed E-state index contributed by atoms with van der Waals surface area (Å²) in [5.41, 5.74) is 0.724. The zero-order chi connectivity index (χ0) is 15.3. The number of likely N-dealkylation sites (N-methyl/N-ethyl adjacent to an activating group) is 1. The van der Waals surface area contributed by atoms with Crippen LogP contribution in [0.4, 0.5) is 0 Å². The number of carbonyl (C=O) groups is 1. The van der Waals surface area contributed by atoms with E-state index in [1.54, 1.807) is 0 Å². The molecule has 5 heteroatoms. The average Bonchev–Trinajstić information content (AvgIpc) is 2.36. The van der Waals surface area contributed by atoms with Crippen LogP contribution in [0.5, 0.6) is 0 Å². The molecule has 1 rings (SSSR count). The minimum atomic E-state index is -0.00805. The number of amides is 1. The zero-order valence-electron chi connectivity index (χ0n) is 12.4. The van der Waals surface area contributed by atoms with E-state index in [1.807, 2.05) is 18.2 Å². The number of carbonyl (C=O) groups excluding carboxylic acids is 1. The number of halogens is 2. The lowest BCUT2D eigenvalue weighted by Gasteiger charge is -2.26. The van der Waals surface area contributed by atoms with E-state index in [1.165, 1.54) is 0 Å². The smallest absolute Gasteiger partial charge is 0.252 e. The van der Waals surface area contributed by atoms with Crippen molar-refractivity contribution in [1.82, 2.24) is 10.2 Å². The van der Waals surface area contributed by atoms with Crippen molar-refractivity contribution in [3.05, 3.63) is 31.8 Å². The van der Waals surface area contributed by atoms with E-state index in [2.05, 4.69) is 76.7 Å². The molecule has 20 heavy (non-hydrogen) atoms. The summed E-state index contributed by atoms with van der Waals surface area (Å²) < 4.78 is 1.89. The molecule has 0 saturated carbocycles. The van der Waals surface area contributed by atoms with Gasteiger partial charge >= 0.3 is 0 Å². The molecule has 0 spiro atoms. The number of hydrogen-bond donors (Lipinski definition) is 1. The van der Waals surface area contributed by atoms with Crippen molar-refractivity contribution in [1.29, 1.82) is 0 Å². The lowest BCUT2D eigenvalue weighted by atomic mass is 10.0. The van der Waals surface area contributed by atoms with Crippen molar-refractivity contribution in [3.63, 3.8) is 0 Å². The van der Waals surface area contributed by atoms with Gasteiger partial charge in [-0.05, 0) is 67.2 Å². The van der Waals surface area contributed by atoms with Gasteiger partial charge in [-0.1, -0.05) is 29.8 Å². The molecule has 3 nitrogen and oxygen atoms in total. The van der Waals surface area contributed by atoms with Crippen LogP contribution in [0, 0.1) is 9.49 Å². The number of benzene rings is 1. The van der Waals surface area contributed by atoms with E-state index < -0.39 is 0 Å². The lowest BCUT2D eigenvalue weighted by Crippen LogP contribution is -2.41. The molecular weight excluding hydrogens is 431 g/mol. The Kier molecular flexibility index (Phi) is 7.47. The Morgan fingerprint density at radius 3 is 2.60 bits per heavy atom. The summed E-state index contributed by atoms with van der Waals surface area (Å²) >= 11 is 5.60. The van der Waals surface area contributed by atoms with Gasteiger partial charge in [0.05, 0.1) is 5.56 Å². The van der Waals surface area contributed by atoms with Crippen molar-refractivity contribution < 1.29 is 4.79 Å². The van der Waals surface area contributed by atoms with Crippen LogP contribution in [0.2, 0.25) is 0 Å². The van der Waals surface area contributed by atoms with E-state index in [0.717, 1.165) is 20.0 Å².